The predicted molar refractivity (Wildman–Crippen MR) is 65.1 cm³/mol. The molecule has 0 unspecified atom stereocenters. The first-order valence-electron chi connectivity index (χ1n) is 4.93. The van der Waals surface area contributed by atoms with E-state index in [0.29, 0.717) is 6.42 Å². The van der Waals surface area contributed by atoms with Gasteiger partial charge in [0.1, 0.15) is 5.82 Å². The molecular formula is C13H11ClFN. The third kappa shape index (κ3) is 2.52. The van der Waals surface area contributed by atoms with Crippen LogP contribution in [0.25, 0.3) is 0 Å². The number of nitrogen functional groups attached to an aromatic ring is 1. The maximum atomic E-state index is 12.9. The van der Waals surface area contributed by atoms with Gasteiger partial charge < -0.3 is 5.73 Å². The minimum absolute atomic E-state index is 0.154. The van der Waals surface area contributed by atoms with Gasteiger partial charge in [-0.1, -0.05) is 29.8 Å². The molecule has 1 nitrogen and oxygen atoms in total. The normalized spacial score (nSPS) is 10.4. The van der Waals surface area contributed by atoms with Crippen molar-refractivity contribution >= 4 is 17.3 Å². The number of nitrogens with two attached hydrogens (primary N) is 1. The molecule has 2 aromatic rings. The zero-order valence-corrected chi connectivity index (χ0v) is 9.34. The van der Waals surface area contributed by atoms with Gasteiger partial charge in [-0.3, -0.25) is 0 Å². The molecule has 0 radical (unpaired) electrons. The maximum Gasteiger partial charge on any atom is 0.141 e. The van der Waals surface area contributed by atoms with Gasteiger partial charge in [0.25, 0.3) is 0 Å². The summed E-state index contributed by atoms with van der Waals surface area (Å²) in [6, 6.07) is 12.4. The summed E-state index contributed by atoms with van der Waals surface area (Å²) in [4.78, 5) is 0. The van der Waals surface area contributed by atoms with Gasteiger partial charge in [0.2, 0.25) is 0 Å². The third-order valence-corrected chi connectivity index (χ3v) is 2.63. The second kappa shape index (κ2) is 4.54. The molecule has 82 valence electrons. The Balaban J connectivity index is 2.24. The number of rotatable bonds is 2. The van der Waals surface area contributed by atoms with Crippen molar-refractivity contribution in [2.24, 2.45) is 0 Å². The molecule has 0 saturated heterocycles. The Bertz CT molecular complexity index is 511. The Morgan fingerprint density at radius 2 is 1.81 bits per heavy atom. The molecule has 0 aromatic heterocycles. The molecule has 0 heterocycles. The van der Waals surface area contributed by atoms with E-state index in [-0.39, 0.29) is 5.02 Å². The molecule has 0 amide bonds. The largest absolute Gasteiger partial charge is 0.399 e. The molecule has 0 atom stereocenters. The lowest BCUT2D eigenvalue weighted by Crippen LogP contribution is -1.91. The SMILES string of the molecule is Nc1cccc(Cc2ccc(F)c(Cl)c2)c1. The van der Waals surface area contributed by atoms with E-state index in [1.54, 1.807) is 12.1 Å². The van der Waals surface area contributed by atoms with Crippen LogP contribution in [0.5, 0.6) is 0 Å². The van der Waals surface area contributed by atoms with Crippen molar-refractivity contribution in [3.05, 3.63) is 64.4 Å². The van der Waals surface area contributed by atoms with Crippen molar-refractivity contribution in [3.8, 4) is 0 Å². The quantitative estimate of drug-likeness (QED) is 0.790. The van der Waals surface area contributed by atoms with E-state index in [0.717, 1.165) is 16.8 Å². The Morgan fingerprint density at radius 1 is 1.06 bits per heavy atom. The molecule has 2 rings (SSSR count). The van der Waals surface area contributed by atoms with E-state index in [4.69, 9.17) is 17.3 Å². The second-order valence-electron chi connectivity index (χ2n) is 3.67. The number of anilines is 1. The maximum absolute atomic E-state index is 12.9. The monoisotopic (exact) mass is 235 g/mol. The molecule has 0 fully saturated rings. The van der Waals surface area contributed by atoms with Crippen LogP contribution in [-0.4, -0.2) is 0 Å². The van der Waals surface area contributed by atoms with Crippen molar-refractivity contribution in [2.45, 2.75) is 6.42 Å². The third-order valence-electron chi connectivity index (χ3n) is 2.34. The van der Waals surface area contributed by atoms with Crippen LogP contribution >= 0.6 is 11.6 Å². The number of hydrogen-bond acceptors (Lipinski definition) is 1. The molecule has 0 spiro atoms. The number of hydrogen-bond donors (Lipinski definition) is 1. The van der Waals surface area contributed by atoms with Gasteiger partial charge in [-0.25, -0.2) is 4.39 Å². The molecule has 0 saturated carbocycles. The van der Waals surface area contributed by atoms with Gasteiger partial charge in [0.15, 0.2) is 0 Å². The zero-order valence-electron chi connectivity index (χ0n) is 8.58. The molecule has 2 aromatic carbocycles. The van der Waals surface area contributed by atoms with E-state index >= 15 is 0 Å². The summed E-state index contributed by atoms with van der Waals surface area (Å²) in [5.74, 6) is -0.391. The molecule has 2 N–H and O–H groups in total. The summed E-state index contributed by atoms with van der Waals surface area (Å²) in [7, 11) is 0. The van der Waals surface area contributed by atoms with Gasteiger partial charge in [-0.15, -0.1) is 0 Å². The topological polar surface area (TPSA) is 26.0 Å². The fourth-order valence-corrected chi connectivity index (χ4v) is 1.79. The summed E-state index contributed by atoms with van der Waals surface area (Å²) in [5, 5.41) is 0.154. The van der Waals surface area contributed by atoms with E-state index < -0.39 is 5.82 Å². The lowest BCUT2D eigenvalue weighted by Gasteiger charge is -2.04. The first-order chi connectivity index (χ1) is 7.65. The first kappa shape index (κ1) is 11.0. The van der Waals surface area contributed by atoms with Crippen molar-refractivity contribution in [1.29, 1.82) is 0 Å². The lowest BCUT2D eigenvalue weighted by atomic mass is 10.0. The summed E-state index contributed by atoms with van der Waals surface area (Å²) in [5.41, 5.74) is 8.46. The predicted octanol–water partition coefficient (Wildman–Crippen LogP) is 3.65. The highest BCUT2D eigenvalue weighted by molar-refractivity contribution is 6.30. The van der Waals surface area contributed by atoms with Gasteiger partial charge in [0, 0.05) is 5.69 Å². The highest BCUT2D eigenvalue weighted by atomic mass is 35.5. The number of halogens is 2. The summed E-state index contributed by atoms with van der Waals surface area (Å²) < 4.78 is 12.9. The van der Waals surface area contributed by atoms with Crippen LogP contribution in [0.4, 0.5) is 10.1 Å². The second-order valence-corrected chi connectivity index (χ2v) is 4.08. The molecule has 0 aliphatic carbocycles. The smallest absolute Gasteiger partial charge is 0.141 e. The van der Waals surface area contributed by atoms with E-state index in [9.17, 15) is 4.39 Å². The first-order valence-corrected chi connectivity index (χ1v) is 5.31. The fourth-order valence-electron chi connectivity index (χ4n) is 1.59. The highest BCUT2D eigenvalue weighted by Crippen LogP contribution is 2.19. The Hall–Kier alpha value is -1.54. The average molecular weight is 236 g/mol. The fraction of sp³-hybridized carbons (Fsp3) is 0.0769. The van der Waals surface area contributed by atoms with Crippen LogP contribution in [0.1, 0.15) is 11.1 Å². The van der Waals surface area contributed by atoms with Crippen LogP contribution in [0.3, 0.4) is 0 Å². The molecular weight excluding hydrogens is 225 g/mol. The van der Waals surface area contributed by atoms with Gasteiger partial charge >= 0.3 is 0 Å². The Morgan fingerprint density at radius 3 is 2.50 bits per heavy atom. The molecule has 3 heteroatoms. The van der Waals surface area contributed by atoms with E-state index in [1.807, 2.05) is 24.3 Å². The molecule has 0 bridgehead atoms. The summed E-state index contributed by atoms with van der Waals surface area (Å²) in [6.07, 6.45) is 0.699. The van der Waals surface area contributed by atoms with Crippen LogP contribution < -0.4 is 5.73 Å². The number of benzene rings is 2. The molecule has 16 heavy (non-hydrogen) atoms. The summed E-state index contributed by atoms with van der Waals surface area (Å²) >= 11 is 5.71. The van der Waals surface area contributed by atoms with Crippen molar-refractivity contribution in [3.63, 3.8) is 0 Å². The van der Waals surface area contributed by atoms with Crippen molar-refractivity contribution in [1.82, 2.24) is 0 Å². The summed E-state index contributed by atoms with van der Waals surface area (Å²) in [6.45, 7) is 0. The van der Waals surface area contributed by atoms with Crippen LogP contribution in [-0.2, 0) is 6.42 Å². The molecule has 0 aliphatic heterocycles. The van der Waals surface area contributed by atoms with E-state index in [1.165, 1.54) is 6.07 Å². The van der Waals surface area contributed by atoms with Crippen molar-refractivity contribution in [2.75, 3.05) is 5.73 Å². The highest BCUT2D eigenvalue weighted by Gasteiger charge is 2.02. The van der Waals surface area contributed by atoms with E-state index in [2.05, 4.69) is 0 Å². The van der Waals surface area contributed by atoms with Gasteiger partial charge in [-0.05, 0) is 41.8 Å². The lowest BCUT2D eigenvalue weighted by molar-refractivity contribution is 0.627. The van der Waals surface area contributed by atoms with Crippen molar-refractivity contribution < 1.29 is 4.39 Å². The molecule has 0 aliphatic rings. The van der Waals surface area contributed by atoms with Crippen LogP contribution in [0, 0.1) is 5.82 Å². The standard InChI is InChI=1S/C13H11ClFN/c14-12-8-10(4-5-13(12)15)6-9-2-1-3-11(16)7-9/h1-5,7-8H,6,16H2. The zero-order chi connectivity index (χ0) is 11.5. The Kier molecular flexibility index (Phi) is 3.11. The minimum atomic E-state index is -0.391. The Labute approximate surface area is 98.7 Å². The minimum Gasteiger partial charge on any atom is -0.399 e. The van der Waals surface area contributed by atoms with Crippen LogP contribution in [0.15, 0.2) is 42.5 Å². The van der Waals surface area contributed by atoms with Crippen LogP contribution in [0.2, 0.25) is 5.02 Å². The van der Waals surface area contributed by atoms with Gasteiger partial charge in [-0.2, -0.15) is 0 Å². The van der Waals surface area contributed by atoms with Gasteiger partial charge in [0.05, 0.1) is 5.02 Å². The average Bonchev–Trinajstić information content (AvgIpc) is 2.24.